The molecule has 2 rings (SSSR count). The van der Waals surface area contributed by atoms with Crippen LogP contribution in [0.5, 0.6) is 11.5 Å². The molecule has 3 heteroatoms. The zero-order chi connectivity index (χ0) is 15.3. The molecule has 0 radical (unpaired) electrons. The van der Waals surface area contributed by atoms with Crippen LogP contribution in [-0.2, 0) is 5.60 Å². The Morgan fingerprint density at radius 2 is 1.62 bits per heavy atom. The molecular formula is C18H17FO2. The fraction of sp³-hybridized carbons (Fsp3) is 0.222. The summed E-state index contributed by atoms with van der Waals surface area (Å²) in [5.74, 6) is 3.28. The highest BCUT2D eigenvalue weighted by Gasteiger charge is 2.25. The fourth-order valence-electron chi connectivity index (χ4n) is 2.10. The second-order valence-corrected chi connectivity index (χ2v) is 4.83. The van der Waals surface area contributed by atoms with E-state index in [2.05, 4.69) is 5.92 Å². The Bertz CT molecular complexity index is 626. The summed E-state index contributed by atoms with van der Waals surface area (Å²) in [4.78, 5) is 0. The maximum atomic E-state index is 12.8. The van der Waals surface area contributed by atoms with Gasteiger partial charge in [0.25, 0.3) is 0 Å². The van der Waals surface area contributed by atoms with Gasteiger partial charge in [-0.25, -0.2) is 4.39 Å². The summed E-state index contributed by atoms with van der Waals surface area (Å²) < 4.78 is 18.4. The minimum absolute atomic E-state index is 0.309. The van der Waals surface area contributed by atoms with Crippen LogP contribution >= 0.6 is 0 Å². The highest BCUT2D eigenvalue weighted by molar-refractivity contribution is 5.37. The Kier molecular flexibility index (Phi) is 4.62. The van der Waals surface area contributed by atoms with E-state index in [1.165, 1.54) is 12.1 Å². The van der Waals surface area contributed by atoms with E-state index in [1.807, 2.05) is 6.92 Å². The molecule has 108 valence electrons. The van der Waals surface area contributed by atoms with Gasteiger partial charge in [0.15, 0.2) is 5.60 Å². The van der Waals surface area contributed by atoms with Gasteiger partial charge in [0.05, 0.1) is 0 Å². The van der Waals surface area contributed by atoms with E-state index in [0.717, 1.165) is 6.42 Å². The van der Waals surface area contributed by atoms with Gasteiger partial charge in [0.2, 0.25) is 0 Å². The quantitative estimate of drug-likeness (QED) is 0.832. The molecule has 2 aromatic carbocycles. The Morgan fingerprint density at radius 1 is 1.10 bits per heavy atom. The molecule has 0 amide bonds. The van der Waals surface area contributed by atoms with Gasteiger partial charge in [-0.15, -0.1) is 6.42 Å². The molecule has 0 heterocycles. The minimum Gasteiger partial charge on any atom is -0.457 e. The first-order valence-electron chi connectivity index (χ1n) is 6.81. The fourth-order valence-corrected chi connectivity index (χ4v) is 2.10. The van der Waals surface area contributed by atoms with Gasteiger partial charge >= 0.3 is 0 Å². The van der Waals surface area contributed by atoms with E-state index in [-0.39, 0.29) is 5.82 Å². The average Bonchev–Trinajstić information content (AvgIpc) is 2.50. The second-order valence-electron chi connectivity index (χ2n) is 4.83. The molecule has 0 aliphatic carbocycles. The molecule has 2 nitrogen and oxygen atoms in total. The Morgan fingerprint density at radius 3 is 2.10 bits per heavy atom. The van der Waals surface area contributed by atoms with Crippen LogP contribution in [-0.4, -0.2) is 5.11 Å². The molecule has 0 saturated heterocycles. The van der Waals surface area contributed by atoms with E-state index in [9.17, 15) is 9.50 Å². The highest BCUT2D eigenvalue weighted by atomic mass is 19.1. The lowest BCUT2D eigenvalue weighted by Gasteiger charge is -2.22. The largest absolute Gasteiger partial charge is 0.457 e. The first-order chi connectivity index (χ1) is 10.1. The van der Waals surface area contributed by atoms with Crippen LogP contribution in [0, 0.1) is 18.2 Å². The number of terminal acetylenes is 1. The predicted molar refractivity (Wildman–Crippen MR) is 80.6 cm³/mol. The molecule has 21 heavy (non-hydrogen) atoms. The molecule has 0 aromatic heterocycles. The third-order valence-electron chi connectivity index (χ3n) is 3.23. The molecule has 0 aliphatic heterocycles. The average molecular weight is 284 g/mol. The van der Waals surface area contributed by atoms with Crippen molar-refractivity contribution in [1.82, 2.24) is 0 Å². The van der Waals surface area contributed by atoms with Crippen molar-refractivity contribution in [3.05, 3.63) is 59.9 Å². The van der Waals surface area contributed by atoms with Crippen molar-refractivity contribution in [1.29, 1.82) is 0 Å². The normalized spacial score (nSPS) is 13.2. The van der Waals surface area contributed by atoms with Gasteiger partial charge in [-0.1, -0.05) is 31.4 Å². The summed E-state index contributed by atoms with van der Waals surface area (Å²) in [6.45, 7) is 1.97. The number of benzene rings is 2. The summed E-state index contributed by atoms with van der Waals surface area (Å²) in [6.07, 6.45) is 6.72. The van der Waals surface area contributed by atoms with Crippen molar-refractivity contribution < 1.29 is 14.2 Å². The first kappa shape index (κ1) is 15.1. The third kappa shape index (κ3) is 3.62. The lowest BCUT2D eigenvalue weighted by atomic mass is 9.90. The standard InChI is InChI=1S/C18H17FO2/c1-3-13-18(20,4-2)14-5-9-16(10-6-14)21-17-11-7-15(19)8-12-17/h2,5-12,20H,3,13H2,1H3. The van der Waals surface area contributed by atoms with Gasteiger partial charge in [-0.05, 0) is 48.4 Å². The molecule has 1 unspecified atom stereocenters. The summed E-state index contributed by atoms with van der Waals surface area (Å²) in [5.41, 5.74) is -0.582. The molecule has 0 aliphatic rings. The van der Waals surface area contributed by atoms with Crippen molar-refractivity contribution in [3.8, 4) is 23.8 Å². The number of ether oxygens (including phenoxy) is 1. The smallest absolute Gasteiger partial charge is 0.150 e. The van der Waals surface area contributed by atoms with Gasteiger partial charge in [0.1, 0.15) is 17.3 Å². The minimum atomic E-state index is -1.25. The van der Waals surface area contributed by atoms with Crippen LogP contribution in [0.4, 0.5) is 4.39 Å². The van der Waals surface area contributed by atoms with Gasteiger partial charge < -0.3 is 9.84 Å². The van der Waals surface area contributed by atoms with Crippen LogP contribution in [0.15, 0.2) is 48.5 Å². The zero-order valence-electron chi connectivity index (χ0n) is 11.8. The number of halogens is 1. The van der Waals surface area contributed by atoms with Crippen LogP contribution in [0.25, 0.3) is 0 Å². The summed E-state index contributed by atoms with van der Waals surface area (Å²) >= 11 is 0. The topological polar surface area (TPSA) is 29.5 Å². The summed E-state index contributed by atoms with van der Waals surface area (Å²) in [6, 6.07) is 12.7. The van der Waals surface area contributed by atoms with Crippen molar-refractivity contribution >= 4 is 0 Å². The number of hydrogen-bond donors (Lipinski definition) is 1. The molecule has 0 spiro atoms. The monoisotopic (exact) mass is 284 g/mol. The third-order valence-corrected chi connectivity index (χ3v) is 3.23. The van der Waals surface area contributed by atoms with Gasteiger partial charge in [0, 0.05) is 0 Å². The Balaban J connectivity index is 2.15. The molecule has 0 fully saturated rings. The van der Waals surface area contributed by atoms with E-state index in [4.69, 9.17) is 11.2 Å². The van der Waals surface area contributed by atoms with Crippen molar-refractivity contribution in [2.45, 2.75) is 25.4 Å². The molecule has 0 saturated carbocycles. The van der Waals surface area contributed by atoms with Crippen LogP contribution in [0.2, 0.25) is 0 Å². The first-order valence-corrected chi connectivity index (χ1v) is 6.81. The Labute approximate surface area is 124 Å². The maximum Gasteiger partial charge on any atom is 0.150 e. The lowest BCUT2D eigenvalue weighted by Crippen LogP contribution is -2.22. The number of aliphatic hydroxyl groups is 1. The van der Waals surface area contributed by atoms with Crippen LogP contribution < -0.4 is 4.74 Å². The molecular weight excluding hydrogens is 267 g/mol. The van der Waals surface area contributed by atoms with E-state index in [1.54, 1.807) is 36.4 Å². The van der Waals surface area contributed by atoms with Crippen molar-refractivity contribution in [2.24, 2.45) is 0 Å². The Hall–Kier alpha value is -2.31. The molecule has 2 aromatic rings. The lowest BCUT2D eigenvalue weighted by molar-refractivity contribution is 0.0895. The highest BCUT2D eigenvalue weighted by Crippen LogP contribution is 2.29. The van der Waals surface area contributed by atoms with E-state index in [0.29, 0.717) is 23.5 Å². The predicted octanol–water partition coefficient (Wildman–Crippen LogP) is 4.24. The van der Waals surface area contributed by atoms with E-state index < -0.39 is 5.60 Å². The van der Waals surface area contributed by atoms with Crippen molar-refractivity contribution in [3.63, 3.8) is 0 Å². The van der Waals surface area contributed by atoms with Crippen molar-refractivity contribution in [2.75, 3.05) is 0 Å². The SMILES string of the molecule is C#CC(O)(CCC)c1ccc(Oc2ccc(F)cc2)cc1. The maximum absolute atomic E-state index is 12.8. The molecule has 1 N–H and O–H groups in total. The molecule has 1 atom stereocenters. The van der Waals surface area contributed by atoms with Crippen LogP contribution in [0.1, 0.15) is 25.3 Å². The second kappa shape index (κ2) is 6.43. The van der Waals surface area contributed by atoms with E-state index >= 15 is 0 Å². The number of rotatable bonds is 5. The summed E-state index contributed by atoms with van der Waals surface area (Å²) in [5, 5.41) is 10.4. The van der Waals surface area contributed by atoms with Gasteiger partial charge in [-0.3, -0.25) is 0 Å². The zero-order valence-corrected chi connectivity index (χ0v) is 11.8. The van der Waals surface area contributed by atoms with Crippen LogP contribution in [0.3, 0.4) is 0 Å². The summed E-state index contributed by atoms with van der Waals surface area (Å²) in [7, 11) is 0. The van der Waals surface area contributed by atoms with Gasteiger partial charge in [-0.2, -0.15) is 0 Å². The molecule has 0 bridgehead atoms. The number of hydrogen-bond acceptors (Lipinski definition) is 2.